The third-order valence-corrected chi connectivity index (χ3v) is 8.37. The van der Waals surface area contributed by atoms with E-state index < -0.39 is 9.84 Å². The van der Waals surface area contributed by atoms with Crippen LogP contribution in [0.5, 0.6) is 0 Å². The molecule has 0 aromatic heterocycles. The molecule has 1 aromatic carbocycles. The van der Waals surface area contributed by atoms with Gasteiger partial charge >= 0.3 is 0 Å². The van der Waals surface area contributed by atoms with Crippen molar-refractivity contribution in [2.24, 2.45) is 10.9 Å². The van der Waals surface area contributed by atoms with Crippen molar-refractivity contribution in [3.8, 4) is 0 Å². The molecule has 2 saturated heterocycles. The molecule has 2 aliphatic heterocycles. The molecule has 1 aliphatic carbocycles. The second kappa shape index (κ2) is 6.00. The van der Waals surface area contributed by atoms with E-state index in [4.69, 9.17) is 11.6 Å². The predicted octanol–water partition coefficient (Wildman–Crippen LogP) is 3.11. The van der Waals surface area contributed by atoms with Crippen molar-refractivity contribution in [3.63, 3.8) is 0 Å². The van der Waals surface area contributed by atoms with Gasteiger partial charge in [-0.15, -0.1) is 0 Å². The van der Waals surface area contributed by atoms with Gasteiger partial charge in [-0.25, -0.2) is 8.42 Å². The number of benzene rings is 1. The second-order valence-electron chi connectivity index (χ2n) is 6.27. The largest absolute Gasteiger partial charge is 0.314 e. The maximum atomic E-state index is 12.1. The van der Waals surface area contributed by atoms with Gasteiger partial charge in [0.1, 0.15) is 0 Å². The third kappa shape index (κ3) is 3.13. The van der Waals surface area contributed by atoms with Crippen molar-refractivity contribution < 1.29 is 13.2 Å². The number of hydrogen-bond acceptors (Lipinski definition) is 4. The number of hydrogen-bond donors (Lipinski definition) is 0. The lowest BCUT2D eigenvalue weighted by Crippen LogP contribution is -2.38. The van der Waals surface area contributed by atoms with Crippen LogP contribution in [0.15, 0.2) is 27.7 Å². The van der Waals surface area contributed by atoms with E-state index in [0.29, 0.717) is 15.9 Å². The summed E-state index contributed by atoms with van der Waals surface area (Å²) >= 11 is 11.1. The van der Waals surface area contributed by atoms with Crippen LogP contribution in [0.1, 0.15) is 12.8 Å². The van der Waals surface area contributed by atoms with Gasteiger partial charge < -0.3 is 4.90 Å². The first kappa shape index (κ1) is 16.9. The first-order chi connectivity index (χ1) is 11.3. The highest BCUT2D eigenvalue weighted by atomic mass is 79.9. The van der Waals surface area contributed by atoms with Crippen molar-refractivity contribution >= 4 is 65.9 Å². The molecular weight excluding hydrogens is 436 g/mol. The Morgan fingerprint density at radius 1 is 1.33 bits per heavy atom. The van der Waals surface area contributed by atoms with E-state index in [2.05, 4.69) is 20.9 Å². The van der Waals surface area contributed by atoms with Crippen LogP contribution in [0, 0.1) is 5.92 Å². The Morgan fingerprint density at radius 2 is 2.08 bits per heavy atom. The van der Waals surface area contributed by atoms with Gasteiger partial charge in [0.05, 0.1) is 28.3 Å². The standard InChI is InChI=1S/C15H14BrClN2O3S2/c16-9-3-4-11(10(17)5-9)19-12-6-24(21,22)7-13(12)23-15(19)18-14(20)8-1-2-8/h3-5,8,12-13H,1-2,6-7H2/t12-,13+/m1/s1. The Hall–Kier alpha value is -0.570. The van der Waals surface area contributed by atoms with Gasteiger partial charge in [0.25, 0.3) is 5.91 Å². The lowest BCUT2D eigenvalue weighted by atomic mass is 10.2. The minimum absolute atomic E-state index is 0.0320. The van der Waals surface area contributed by atoms with Crippen LogP contribution in [0.25, 0.3) is 0 Å². The summed E-state index contributed by atoms with van der Waals surface area (Å²) in [5.41, 5.74) is 0.694. The van der Waals surface area contributed by atoms with E-state index in [9.17, 15) is 13.2 Å². The van der Waals surface area contributed by atoms with Crippen LogP contribution >= 0.6 is 39.3 Å². The number of fused-ring (bicyclic) bond motifs is 1. The lowest BCUT2D eigenvalue weighted by Gasteiger charge is -2.25. The summed E-state index contributed by atoms with van der Waals surface area (Å²) < 4.78 is 24.9. The quantitative estimate of drug-likeness (QED) is 0.694. The minimum Gasteiger partial charge on any atom is -0.314 e. The molecule has 2 heterocycles. The van der Waals surface area contributed by atoms with Crippen LogP contribution in [-0.2, 0) is 14.6 Å². The smallest absolute Gasteiger partial charge is 0.251 e. The van der Waals surface area contributed by atoms with Crippen LogP contribution < -0.4 is 4.90 Å². The van der Waals surface area contributed by atoms with Crippen LogP contribution in [0.3, 0.4) is 0 Å². The Labute approximate surface area is 157 Å². The van der Waals surface area contributed by atoms with E-state index >= 15 is 0 Å². The fourth-order valence-electron chi connectivity index (χ4n) is 3.04. The van der Waals surface area contributed by atoms with Crippen LogP contribution in [-0.4, -0.2) is 42.3 Å². The molecule has 1 saturated carbocycles. The molecule has 3 aliphatic rings. The predicted molar refractivity (Wildman–Crippen MR) is 101 cm³/mol. The van der Waals surface area contributed by atoms with Crippen molar-refractivity contribution in [1.29, 1.82) is 0 Å². The zero-order chi connectivity index (χ0) is 17.1. The van der Waals surface area contributed by atoms with Gasteiger partial charge in [-0.05, 0) is 31.0 Å². The summed E-state index contributed by atoms with van der Waals surface area (Å²) in [4.78, 5) is 18.3. The number of carbonyl (C=O) groups excluding carboxylic acids is 1. The normalized spacial score (nSPS) is 29.9. The summed E-state index contributed by atoms with van der Waals surface area (Å²) in [6.45, 7) is 0. The molecule has 128 valence electrons. The van der Waals surface area contributed by atoms with Gasteiger partial charge in [-0.1, -0.05) is 39.3 Å². The lowest BCUT2D eigenvalue weighted by molar-refractivity contribution is -0.118. The number of carbonyl (C=O) groups is 1. The Kier molecular flexibility index (Phi) is 4.22. The Balaban J connectivity index is 1.76. The molecule has 9 heteroatoms. The average Bonchev–Trinajstić information content (AvgIpc) is 3.22. The van der Waals surface area contributed by atoms with E-state index in [0.717, 1.165) is 17.3 Å². The number of sulfone groups is 1. The van der Waals surface area contributed by atoms with E-state index in [1.165, 1.54) is 11.8 Å². The summed E-state index contributed by atoms with van der Waals surface area (Å²) in [6.07, 6.45) is 1.78. The van der Waals surface area contributed by atoms with E-state index in [1.807, 2.05) is 17.0 Å². The summed E-state index contributed by atoms with van der Waals surface area (Å²) in [5.74, 6) is 0.0974. The Bertz CT molecular complexity index is 854. The number of aliphatic imine (C=N–C) groups is 1. The zero-order valence-corrected chi connectivity index (χ0v) is 16.5. The summed E-state index contributed by atoms with van der Waals surface area (Å²) in [6, 6.07) is 5.21. The van der Waals surface area contributed by atoms with Crippen molar-refractivity contribution in [1.82, 2.24) is 0 Å². The molecule has 24 heavy (non-hydrogen) atoms. The van der Waals surface area contributed by atoms with Gasteiger partial charge in [0.15, 0.2) is 15.0 Å². The van der Waals surface area contributed by atoms with Crippen LogP contribution in [0.4, 0.5) is 5.69 Å². The molecule has 0 radical (unpaired) electrons. The van der Waals surface area contributed by atoms with Gasteiger partial charge in [0, 0.05) is 15.6 Å². The number of amidine groups is 1. The number of anilines is 1. The number of nitrogens with zero attached hydrogens (tertiary/aromatic N) is 2. The molecule has 4 rings (SSSR count). The SMILES string of the molecule is O=C(N=C1S[C@H]2CS(=O)(=O)C[C@H]2N1c1ccc(Br)cc1Cl)C1CC1. The Morgan fingerprint density at radius 3 is 2.75 bits per heavy atom. The van der Waals surface area contributed by atoms with Gasteiger partial charge in [0.2, 0.25) is 0 Å². The molecular formula is C15H14BrClN2O3S2. The van der Waals surface area contributed by atoms with Gasteiger partial charge in [-0.2, -0.15) is 4.99 Å². The van der Waals surface area contributed by atoms with E-state index in [1.54, 1.807) is 6.07 Å². The van der Waals surface area contributed by atoms with Crippen molar-refractivity contribution in [2.75, 3.05) is 16.4 Å². The molecule has 0 spiro atoms. The van der Waals surface area contributed by atoms with Crippen molar-refractivity contribution in [2.45, 2.75) is 24.1 Å². The van der Waals surface area contributed by atoms with Crippen molar-refractivity contribution in [3.05, 3.63) is 27.7 Å². The molecule has 0 unspecified atom stereocenters. The molecule has 3 fully saturated rings. The summed E-state index contributed by atoms with van der Waals surface area (Å²) in [7, 11) is -3.08. The molecule has 0 N–H and O–H groups in total. The number of halogens is 2. The monoisotopic (exact) mass is 448 g/mol. The average molecular weight is 450 g/mol. The maximum Gasteiger partial charge on any atom is 0.251 e. The van der Waals surface area contributed by atoms with E-state index in [-0.39, 0.29) is 34.6 Å². The highest BCUT2D eigenvalue weighted by Gasteiger charge is 2.50. The highest BCUT2D eigenvalue weighted by Crippen LogP contribution is 2.44. The zero-order valence-electron chi connectivity index (χ0n) is 12.5. The summed E-state index contributed by atoms with van der Waals surface area (Å²) in [5, 5.41) is 0.961. The number of thioether (sulfide) groups is 1. The first-order valence-corrected chi connectivity index (χ1v) is 11.5. The third-order valence-electron chi connectivity index (χ3n) is 4.37. The molecule has 5 nitrogen and oxygen atoms in total. The minimum atomic E-state index is -3.08. The maximum absolute atomic E-state index is 12.1. The molecule has 1 amide bonds. The molecule has 1 aromatic rings. The fourth-order valence-corrected chi connectivity index (χ4v) is 7.72. The second-order valence-corrected chi connectivity index (χ2v) is 11.0. The van der Waals surface area contributed by atoms with Gasteiger partial charge in [-0.3, -0.25) is 4.79 Å². The number of rotatable bonds is 2. The fraction of sp³-hybridized carbons (Fsp3) is 0.467. The molecule has 0 bridgehead atoms. The molecule has 2 atom stereocenters. The number of amides is 1. The highest BCUT2D eigenvalue weighted by molar-refractivity contribution is 9.10. The topological polar surface area (TPSA) is 66.8 Å². The van der Waals surface area contributed by atoms with Crippen LogP contribution in [0.2, 0.25) is 5.02 Å². The first-order valence-electron chi connectivity index (χ1n) is 7.58.